The molecule has 0 fully saturated rings. The van der Waals surface area contributed by atoms with Crippen LogP contribution in [-0.4, -0.2) is 26.6 Å². The van der Waals surface area contributed by atoms with Crippen molar-refractivity contribution in [2.75, 3.05) is 20.7 Å². The summed E-state index contributed by atoms with van der Waals surface area (Å²) >= 11 is 0. The minimum atomic E-state index is -0.251. The van der Waals surface area contributed by atoms with E-state index in [9.17, 15) is 9.18 Å². The van der Waals surface area contributed by atoms with Crippen LogP contribution in [0.1, 0.15) is 11.1 Å². The normalized spacial score (nSPS) is 11.8. The molecule has 122 valence electrons. The number of quaternary nitrogens is 1. The highest BCUT2D eigenvalue weighted by molar-refractivity contribution is 5.76. The Morgan fingerprint density at radius 2 is 1.91 bits per heavy atom. The van der Waals surface area contributed by atoms with E-state index in [2.05, 4.69) is 5.32 Å². The Kier molecular flexibility index (Phi) is 6.11. The van der Waals surface area contributed by atoms with Crippen molar-refractivity contribution in [3.63, 3.8) is 0 Å². The van der Waals surface area contributed by atoms with Crippen LogP contribution in [0.5, 0.6) is 5.75 Å². The van der Waals surface area contributed by atoms with E-state index in [1.54, 1.807) is 13.2 Å². The molecular weight excluding hydrogens is 295 g/mol. The Bertz CT molecular complexity index is 644. The molecule has 0 bridgehead atoms. The third-order valence-corrected chi connectivity index (χ3v) is 3.51. The standard InChI is InChI=1S/C18H21FN2O2/c1-21(12-15-4-3-5-16(19)10-15)13-18(22)20-11-14-6-8-17(23-2)9-7-14/h3-10H,11-13H2,1-2H3,(H,20,22)/p+1. The number of likely N-dealkylation sites (N-methyl/N-ethyl adjacent to an activating group) is 1. The van der Waals surface area contributed by atoms with Gasteiger partial charge < -0.3 is 15.0 Å². The number of rotatable bonds is 7. The molecule has 1 amide bonds. The first-order valence-electron chi connectivity index (χ1n) is 7.52. The summed E-state index contributed by atoms with van der Waals surface area (Å²) in [6.07, 6.45) is 0. The number of hydrogen-bond acceptors (Lipinski definition) is 2. The van der Waals surface area contributed by atoms with Crippen LogP contribution in [-0.2, 0) is 17.9 Å². The SMILES string of the molecule is COc1ccc(CNC(=O)C[NH+](C)Cc2cccc(F)c2)cc1. The Balaban J connectivity index is 1.77. The van der Waals surface area contributed by atoms with Gasteiger partial charge in [-0.15, -0.1) is 0 Å². The van der Waals surface area contributed by atoms with Crippen molar-refractivity contribution in [3.05, 3.63) is 65.5 Å². The smallest absolute Gasteiger partial charge is 0.275 e. The third kappa shape index (κ3) is 5.71. The zero-order valence-electron chi connectivity index (χ0n) is 13.4. The molecule has 4 nitrogen and oxygen atoms in total. The van der Waals surface area contributed by atoms with Gasteiger partial charge in [0, 0.05) is 12.1 Å². The minimum absolute atomic E-state index is 0.0327. The fraction of sp³-hybridized carbons (Fsp3) is 0.278. The second-order valence-corrected chi connectivity index (χ2v) is 5.57. The number of benzene rings is 2. The minimum Gasteiger partial charge on any atom is -0.497 e. The summed E-state index contributed by atoms with van der Waals surface area (Å²) in [6, 6.07) is 14.0. The average molecular weight is 317 g/mol. The number of halogens is 1. The summed E-state index contributed by atoms with van der Waals surface area (Å²) in [6.45, 7) is 1.43. The first-order chi connectivity index (χ1) is 11.1. The van der Waals surface area contributed by atoms with Crippen LogP contribution in [0.15, 0.2) is 48.5 Å². The lowest BCUT2D eigenvalue weighted by molar-refractivity contribution is -0.885. The first kappa shape index (κ1) is 17.0. The van der Waals surface area contributed by atoms with E-state index in [0.717, 1.165) is 21.8 Å². The number of carbonyl (C=O) groups excluding carboxylic acids is 1. The van der Waals surface area contributed by atoms with Crippen LogP contribution < -0.4 is 15.0 Å². The molecule has 5 heteroatoms. The molecule has 2 aromatic carbocycles. The molecule has 0 aliphatic carbocycles. The van der Waals surface area contributed by atoms with Crippen LogP contribution in [0.4, 0.5) is 4.39 Å². The number of carbonyl (C=O) groups is 1. The maximum absolute atomic E-state index is 13.1. The first-order valence-corrected chi connectivity index (χ1v) is 7.52. The van der Waals surface area contributed by atoms with E-state index in [4.69, 9.17) is 4.74 Å². The maximum atomic E-state index is 13.1. The summed E-state index contributed by atoms with van der Waals surface area (Å²) in [5, 5.41) is 2.89. The summed E-state index contributed by atoms with van der Waals surface area (Å²) in [5.41, 5.74) is 1.90. The molecule has 0 radical (unpaired) electrons. The van der Waals surface area contributed by atoms with Crippen molar-refractivity contribution in [1.82, 2.24) is 5.32 Å². The fourth-order valence-corrected chi connectivity index (χ4v) is 2.34. The Morgan fingerprint density at radius 3 is 2.57 bits per heavy atom. The average Bonchev–Trinajstić information content (AvgIpc) is 2.53. The monoisotopic (exact) mass is 317 g/mol. The van der Waals surface area contributed by atoms with Crippen LogP contribution >= 0.6 is 0 Å². The van der Waals surface area contributed by atoms with Crippen molar-refractivity contribution in [2.24, 2.45) is 0 Å². The highest BCUT2D eigenvalue weighted by Gasteiger charge is 2.10. The van der Waals surface area contributed by atoms with Gasteiger partial charge in [0.15, 0.2) is 6.54 Å². The molecular formula is C18H22FN2O2+. The maximum Gasteiger partial charge on any atom is 0.275 e. The number of ether oxygens (including phenoxy) is 1. The van der Waals surface area contributed by atoms with Gasteiger partial charge in [-0.2, -0.15) is 0 Å². The lowest BCUT2D eigenvalue weighted by Gasteiger charge is -2.14. The van der Waals surface area contributed by atoms with Crippen molar-refractivity contribution in [2.45, 2.75) is 13.1 Å². The summed E-state index contributed by atoms with van der Waals surface area (Å²) < 4.78 is 18.2. The molecule has 0 aliphatic heterocycles. The van der Waals surface area contributed by atoms with Gasteiger partial charge in [0.2, 0.25) is 0 Å². The second kappa shape index (κ2) is 8.29. The molecule has 1 unspecified atom stereocenters. The molecule has 2 N–H and O–H groups in total. The van der Waals surface area contributed by atoms with Gasteiger partial charge in [0.25, 0.3) is 5.91 Å². The predicted molar refractivity (Wildman–Crippen MR) is 86.7 cm³/mol. The van der Waals surface area contributed by atoms with Gasteiger partial charge >= 0.3 is 0 Å². The molecule has 0 aromatic heterocycles. The summed E-state index contributed by atoms with van der Waals surface area (Å²) in [4.78, 5) is 13.0. The molecule has 1 atom stereocenters. The van der Waals surface area contributed by atoms with E-state index in [-0.39, 0.29) is 11.7 Å². The van der Waals surface area contributed by atoms with Crippen LogP contribution in [0.2, 0.25) is 0 Å². The van der Waals surface area contributed by atoms with Crippen LogP contribution in [0.25, 0.3) is 0 Å². The molecule has 23 heavy (non-hydrogen) atoms. The van der Waals surface area contributed by atoms with Gasteiger partial charge in [0.05, 0.1) is 14.2 Å². The molecule has 0 aliphatic rings. The third-order valence-electron chi connectivity index (χ3n) is 3.51. The van der Waals surface area contributed by atoms with E-state index >= 15 is 0 Å². The van der Waals surface area contributed by atoms with Gasteiger partial charge in [-0.25, -0.2) is 4.39 Å². The largest absolute Gasteiger partial charge is 0.497 e. The zero-order valence-corrected chi connectivity index (χ0v) is 13.4. The van der Waals surface area contributed by atoms with E-state index in [0.29, 0.717) is 19.6 Å². The Labute approximate surface area is 135 Å². The second-order valence-electron chi connectivity index (χ2n) is 5.57. The number of hydrogen-bond donors (Lipinski definition) is 2. The highest BCUT2D eigenvalue weighted by Crippen LogP contribution is 2.10. The summed E-state index contributed by atoms with van der Waals surface area (Å²) in [5.74, 6) is 0.508. The Morgan fingerprint density at radius 1 is 1.17 bits per heavy atom. The van der Waals surface area contributed by atoms with Gasteiger partial charge in [-0.05, 0) is 29.8 Å². The van der Waals surface area contributed by atoms with Gasteiger partial charge in [-0.1, -0.05) is 24.3 Å². The molecule has 0 saturated carbocycles. The van der Waals surface area contributed by atoms with E-state index < -0.39 is 0 Å². The molecule has 0 spiro atoms. The van der Waals surface area contributed by atoms with Gasteiger partial charge in [0.1, 0.15) is 18.1 Å². The highest BCUT2D eigenvalue weighted by atomic mass is 19.1. The number of amides is 1. The van der Waals surface area contributed by atoms with Crippen LogP contribution in [0, 0.1) is 5.82 Å². The Hall–Kier alpha value is -2.40. The van der Waals surface area contributed by atoms with Crippen molar-refractivity contribution in [1.29, 1.82) is 0 Å². The van der Waals surface area contributed by atoms with Crippen molar-refractivity contribution < 1.29 is 18.8 Å². The van der Waals surface area contributed by atoms with Crippen LogP contribution in [0.3, 0.4) is 0 Å². The molecule has 2 aromatic rings. The van der Waals surface area contributed by atoms with Gasteiger partial charge in [-0.3, -0.25) is 4.79 Å². The van der Waals surface area contributed by atoms with E-state index in [1.165, 1.54) is 12.1 Å². The number of methoxy groups -OCH3 is 1. The fourth-order valence-electron chi connectivity index (χ4n) is 2.34. The summed E-state index contributed by atoms with van der Waals surface area (Å²) in [7, 11) is 3.53. The lowest BCUT2D eigenvalue weighted by Crippen LogP contribution is -3.08. The molecule has 0 saturated heterocycles. The van der Waals surface area contributed by atoms with Crippen molar-refractivity contribution in [3.8, 4) is 5.75 Å². The predicted octanol–water partition coefficient (Wildman–Crippen LogP) is 1.17. The number of nitrogens with one attached hydrogen (secondary N) is 2. The molecule has 0 heterocycles. The lowest BCUT2D eigenvalue weighted by atomic mass is 10.2. The topological polar surface area (TPSA) is 42.8 Å². The van der Waals surface area contributed by atoms with E-state index in [1.807, 2.05) is 37.4 Å². The van der Waals surface area contributed by atoms with Crippen molar-refractivity contribution >= 4 is 5.91 Å². The molecule has 2 rings (SSSR count). The quantitative estimate of drug-likeness (QED) is 0.805. The zero-order chi connectivity index (χ0) is 16.7.